The smallest absolute Gasteiger partial charge is 0.198 e. The quantitative estimate of drug-likeness (QED) is 0.734. The minimum Gasteiger partial charge on any atom is -0.497 e. The zero-order valence-corrected chi connectivity index (χ0v) is 15.5. The van der Waals surface area contributed by atoms with Crippen molar-refractivity contribution in [2.75, 3.05) is 7.11 Å². The third-order valence-corrected chi connectivity index (χ3v) is 6.00. The third kappa shape index (κ3) is 2.39. The van der Waals surface area contributed by atoms with Crippen molar-refractivity contribution < 1.29 is 9.47 Å². The van der Waals surface area contributed by atoms with Gasteiger partial charge in [-0.05, 0) is 60.9 Å². The second kappa shape index (κ2) is 5.92. The highest BCUT2D eigenvalue weighted by Gasteiger charge is 2.51. The molecule has 1 saturated carbocycles. The standard InChI is InChI=1S/C21H21ClN2O2/c1-25-16-7-4-14(5-8-16)18-13-19-17-12-15(22)6-9-20(17)26-21(24(19)23-18)10-2-3-11-21/h4-9,12,19H,2-3,10-11,13H2,1H3. The van der Waals surface area contributed by atoms with Gasteiger partial charge in [0.05, 0.1) is 18.9 Å². The van der Waals surface area contributed by atoms with Gasteiger partial charge in [0, 0.05) is 29.8 Å². The number of ether oxygens (including phenoxy) is 2. The molecule has 0 bridgehead atoms. The molecular weight excluding hydrogens is 348 g/mol. The number of rotatable bonds is 2. The predicted octanol–water partition coefficient (Wildman–Crippen LogP) is 5.16. The minimum absolute atomic E-state index is 0.188. The van der Waals surface area contributed by atoms with Crippen molar-refractivity contribution in [1.82, 2.24) is 5.01 Å². The second-order valence-electron chi connectivity index (χ2n) is 7.28. The molecule has 3 aliphatic rings. The Hall–Kier alpha value is -2.20. The minimum atomic E-state index is -0.306. The maximum atomic E-state index is 6.51. The number of halogens is 1. The summed E-state index contributed by atoms with van der Waals surface area (Å²) in [5, 5.41) is 8.00. The summed E-state index contributed by atoms with van der Waals surface area (Å²) in [6, 6.07) is 14.3. The molecule has 26 heavy (non-hydrogen) atoms. The summed E-state index contributed by atoms with van der Waals surface area (Å²) >= 11 is 6.28. The summed E-state index contributed by atoms with van der Waals surface area (Å²) in [5.74, 6) is 1.82. The molecule has 2 aromatic carbocycles. The zero-order valence-electron chi connectivity index (χ0n) is 14.7. The topological polar surface area (TPSA) is 34.1 Å². The number of methoxy groups -OCH3 is 1. The van der Waals surface area contributed by atoms with Gasteiger partial charge < -0.3 is 9.47 Å². The normalized spacial score (nSPS) is 22.6. The van der Waals surface area contributed by atoms with Crippen LogP contribution in [-0.2, 0) is 0 Å². The summed E-state index contributed by atoms with van der Waals surface area (Å²) in [4.78, 5) is 0. The highest BCUT2D eigenvalue weighted by atomic mass is 35.5. The van der Waals surface area contributed by atoms with Gasteiger partial charge >= 0.3 is 0 Å². The summed E-state index contributed by atoms with van der Waals surface area (Å²) in [6.45, 7) is 0. The molecule has 1 unspecified atom stereocenters. The van der Waals surface area contributed by atoms with E-state index in [1.54, 1.807) is 7.11 Å². The largest absolute Gasteiger partial charge is 0.497 e. The number of hydrogen-bond acceptors (Lipinski definition) is 4. The van der Waals surface area contributed by atoms with Gasteiger partial charge in [-0.3, -0.25) is 0 Å². The van der Waals surface area contributed by atoms with Crippen LogP contribution in [0, 0.1) is 0 Å². The molecule has 0 radical (unpaired) electrons. The van der Waals surface area contributed by atoms with E-state index in [1.807, 2.05) is 30.3 Å². The Bertz CT molecular complexity index is 872. The van der Waals surface area contributed by atoms with Crippen molar-refractivity contribution in [3.8, 4) is 11.5 Å². The second-order valence-corrected chi connectivity index (χ2v) is 7.71. The summed E-state index contributed by atoms with van der Waals surface area (Å²) in [7, 11) is 1.68. The van der Waals surface area contributed by atoms with Crippen LogP contribution in [0.1, 0.15) is 49.3 Å². The number of hydrogen-bond donors (Lipinski definition) is 0. The molecule has 0 aromatic heterocycles. The Balaban J connectivity index is 1.57. The highest BCUT2D eigenvalue weighted by molar-refractivity contribution is 6.30. The van der Waals surface area contributed by atoms with Crippen LogP contribution in [0.25, 0.3) is 0 Å². The first-order valence-electron chi connectivity index (χ1n) is 9.18. The van der Waals surface area contributed by atoms with Gasteiger partial charge in [0.15, 0.2) is 5.72 Å². The Morgan fingerprint density at radius 1 is 1.15 bits per heavy atom. The number of hydrazone groups is 1. The molecule has 1 spiro atoms. The van der Waals surface area contributed by atoms with Crippen LogP contribution < -0.4 is 9.47 Å². The molecule has 4 nitrogen and oxygen atoms in total. The van der Waals surface area contributed by atoms with Gasteiger partial charge in [0.1, 0.15) is 11.5 Å². The Labute approximate surface area is 158 Å². The zero-order chi connectivity index (χ0) is 17.7. The van der Waals surface area contributed by atoms with Crippen molar-refractivity contribution in [3.05, 3.63) is 58.6 Å². The SMILES string of the molecule is COc1ccc(C2=NN3C(C2)c2cc(Cl)ccc2OC32CCCC2)cc1. The van der Waals surface area contributed by atoms with E-state index >= 15 is 0 Å². The molecule has 0 N–H and O–H groups in total. The molecule has 0 amide bonds. The van der Waals surface area contributed by atoms with Gasteiger partial charge in [-0.15, -0.1) is 0 Å². The Kier molecular flexibility index (Phi) is 3.64. The van der Waals surface area contributed by atoms with Crippen LogP contribution in [0.4, 0.5) is 0 Å². The first-order valence-corrected chi connectivity index (χ1v) is 9.56. The average molecular weight is 369 g/mol. The molecule has 1 aliphatic carbocycles. The molecule has 5 heteroatoms. The summed E-state index contributed by atoms with van der Waals surface area (Å²) in [6.07, 6.45) is 5.26. The van der Waals surface area contributed by atoms with Crippen LogP contribution in [0.3, 0.4) is 0 Å². The third-order valence-electron chi connectivity index (χ3n) is 5.77. The van der Waals surface area contributed by atoms with E-state index in [-0.39, 0.29) is 11.8 Å². The van der Waals surface area contributed by atoms with Gasteiger partial charge in [0.25, 0.3) is 0 Å². The lowest BCUT2D eigenvalue weighted by Gasteiger charge is -2.45. The Morgan fingerprint density at radius 2 is 1.92 bits per heavy atom. The lowest BCUT2D eigenvalue weighted by atomic mass is 9.94. The molecule has 1 atom stereocenters. The van der Waals surface area contributed by atoms with Crippen molar-refractivity contribution >= 4 is 17.3 Å². The molecule has 0 saturated heterocycles. The van der Waals surface area contributed by atoms with Crippen molar-refractivity contribution in [3.63, 3.8) is 0 Å². The highest BCUT2D eigenvalue weighted by Crippen LogP contribution is 2.52. The number of nitrogens with zero attached hydrogens (tertiary/aromatic N) is 2. The van der Waals surface area contributed by atoms with Gasteiger partial charge in [-0.1, -0.05) is 11.6 Å². The van der Waals surface area contributed by atoms with Gasteiger partial charge in [0.2, 0.25) is 0 Å². The monoisotopic (exact) mass is 368 g/mol. The van der Waals surface area contributed by atoms with Gasteiger partial charge in [-0.2, -0.15) is 5.10 Å². The van der Waals surface area contributed by atoms with Crippen LogP contribution in [0.15, 0.2) is 47.6 Å². The van der Waals surface area contributed by atoms with E-state index in [1.165, 1.54) is 12.8 Å². The van der Waals surface area contributed by atoms with E-state index in [4.69, 9.17) is 26.2 Å². The first-order chi connectivity index (χ1) is 12.7. The lowest BCUT2D eigenvalue weighted by Crippen LogP contribution is -2.51. The predicted molar refractivity (Wildman–Crippen MR) is 102 cm³/mol. The number of fused-ring (bicyclic) bond motifs is 4. The van der Waals surface area contributed by atoms with Crippen LogP contribution in [-0.4, -0.2) is 23.6 Å². The molecule has 2 heterocycles. The number of benzene rings is 2. The molecule has 2 aliphatic heterocycles. The van der Waals surface area contributed by atoms with Crippen LogP contribution in [0.5, 0.6) is 11.5 Å². The van der Waals surface area contributed by atoms with Crippen molar-refractivity contribution in [2.24, 2.45) is 5.10 Å². The molecule has 2 aromatic rings. The fourth-order valence-electron chi connectivity index (χ4n) is 4.47. The van der Waals surface area contributed by atoms with Crippen LogP contribution in [0.2, 0.25) is 5.02 Å². The molecule has 1 fully saturated rings. The van der Waals surface area contributed by atoms with Crippen molar-refractivity contribution in [1.29, 1.82) is 0 Å². The fraction of sp³-hybridized carbons (Fsp3) is 0.381. The first kappa shape index (κ1) is 16.0. The maximum absolute atomic E-state index is 6.51. The van der Waals surface area contributed by atoms with Crippen LogP contribution >= 0.6 is 11.6 Å². The molecule has 5 rings (SSSR count). The van der Waals surface area contributed by atoms with E-state index < -0.39 is 0 Å². The fourth-order valence-corrected chi connectivity index (χ4v) is 4.65. The van der Waals surface area contributed by atoms with Gasteiger partial charge in [-0.25, -0.2) is 5.01 Å². The lowest BCUT2D eigenvalue weighted by molar-refractivity contribution is -0.114. The van der Waals surface area contributed by atoms with E-state index in [0.717, 1.165) is 52.6 Å². The summed E-state index contributed by atoms with van der Waals surface area (Å²) < 4.78 is 11.8. The van der Waals surface area contributed by atoms with E-state index in [9.17, 15) is 0 Å². The average Bonchev–Trinajstić information content (AvgIpc) is 3.31. The molecule has 134 valence electrons. The maximum Gasteiger partial charge on any atom is 0.198 e. The molecular formula is C21H21ClN2O2. The Morgan fingerprint density at radius 3 is 2.65 bits per heavy atom. The van der Waals surface area contributed by atoms with E-state index in [2.05, 4.69) is 17.1 Å². The van der Waals surface area contributed by atoms with E-state index in [0.29, 0.717) is 0 Å². The summed E-state index contributed by atoms with van der Waals surface area (Å²) in [5.41, 5.74) is 3.07. The van der Waals surface area contributed by atoms with Crippen molar-refractivity contribution in [2.45, 2.75) is 43.9 Å².